The number of aromatic nitrogens is 1. The highest BCUT2D eigenvalue weighted by Gasteiger charge is 2.21. The second-order valence-corrected chi connectivity index (χ2v) is 6.69. The van der Waals surface area contributed by atoms with Crippen molar-refractivity contribution in [1.29, 1.82) is 0 Å². The van der Waals surface area contributed by atoms with Crippen molar-refractivity contribution in [2.24, 2.45) is 5.92 Å². The van der Waals surface area contributed by atoms with Gasteiger partial charge in [-0.1, -0.05) is 34.1 Å². The standard InChI is InChI=1S/C18H30N2O/c1-5-19-12-15-10-17(13(2)3)20-18(11-15)21-16-8-6-7-14(4)9-16/h10-11,13-14,16,19H,5-9,12H2,1-4H3. The van der Waals surface area contributed by atoms with Crippen molar-refractivity contribution in [2.45, 2.75) is 71.9 Å². The van der Waals surface area contributed by atoms with Crippen molar-refractivity contribution in [2.75, 3.05) is 6.54 Å². The fourth-order valence-corrected chi connectivity index (χ4v) is 2.97. The fourth-order valence-electron chi connectivity index (χ4n) is 2.97. The Bertz CT molecular complexity index is 445. The van der Waals surface area contributed by atoms with Crippen molar-refractivity contribution in [1.82, 2.24) is 10.3 Å². The summed E-state index contributed by atoms with van der Waals surface area (Å²) in [6, 6.07) is 4.30. The minimum Gasteiger partial charge on any atom is -0.474 e. The monoisotopic (exact) mass is 290 g/mol. The minimum absolute atomic E-state index is 0.343. The third kappa shape index (κ3) is 4.99. The van der Waals surface area contributed by atoms with Gasteiger partial charge in [-0.05, 0) is 49.3 Å². The van der Waals surface area contributed by atoms with Crippen molar-refractivity contribution in [3.8, 4) is 5.88 Å². The van der Waals surface area contributed by atoms with E-state index in [1.165, 1.54) is 24.8 Å². The van der Waals surface area contributed by atoms with Crippen molar-refractivity contribution < 1.29 is 4.74 Å². The van der Waals surface area contributed by atoms with Crippen molar-refractivity contribution >= 4 is 0 Å². The summed E-state index contributed by atoms with van der Waals surface area (Å²) in [5.74, 6) is 2.02. The smallest absolute Gasteiger partial charge is 0.214 e. The van der Waals surface area contributed by atoms with Crippen LogP contribution < -0.4 is 10.1 Å². The maximum Gasteiger partial charge on any atom is 0.214 e. The van der Waals surface area contributed by atoms with Crippen LogP contribution in [0.15, 0.2) is 12.1 Å². The molecule has 118 valence electrons. The van der Waals surface area contributed by atoms with Crippen LogP contribution in [0, 0.1) is 5.92 Å². The van der Waals surface area contributed by atoms with E-state index in [0.717, 1.165) is 37.0 Å². The third-order valence-corrected chi connectivity index (χ3v) is 4.23. The van der Waals surface area contributed by atoms with Gasteiger partial charge in [0.05, 0.1) is 0 Å². The predicted octanol–water partition coefficient (Wildman–Crippen LogP) is 4.27. The molecule has 0 spiro atoms. The Labute approximate surface area is 129 Å². The van der Waals surface area contributed by atoms with Gasteiger partial charge < -0.3 is 10.1 Å². The molecule has 0 amide bonds. The number of hydrogen-bond donors (Lipinski definition) is 1. The lowest BCUT2D eigenvalue weighted by Crippen LogP contribution is -2.24. The molecule has 1 N–H and O–H groups in total. The number of nitrogens with zero attached hydrogens (tertiary/aromatic N) is 1. The van der Waals surface area contributed by atoms with E-state index in [0.29, 0.717) is 12.0 Å². The van der Waals surface area contributed by atoms with Gasteiger partial charge in [0.1, 0.15) is 6.10 Å². The average Bonchev–Trinajstić information content (AvgIpc) is 2.45. The largest absolute Gasteiger partial charge is 0.474 e. The van der Waals surface area contributed by atoms with Crippen LogP contribution in [0.5, 0.6) is 5.88 Å². The van der Waals surface area contributed by atoms with E-state index in [2.05, 4.69) is 45.1 Å². The molecule has 1 aromatic heterocycles. The minimum atomic E-state index is 0.343. The van der Waals surface area contributed by atoms with Gasteiger partial charge in [-0.2, -0.15) is 0 Å². The molecule has 2 unspecified atom stereocenters. The van der Waals surface area contributed by atoms with Gasteiger partial charge in [-0.3, -0.25) is 0 Å². The first-order chi connectivity index (χ1) is 10.1. The number of nitrogens with one attached hydrogen (secondary N) is 1. The van der Waals surface area contributed by atoms with E-state index in [9.17, 15) is 0 Å². The van der Waals surface area contributed by atoms with Gasteiger partial charge in [-0.25, -0.2) is 4.98 Å². The molecule has 0 aromatic carbocycles. The topological polar surface area (TPSA) is 34.1 Å². The van der Waals surface area contributed by atoms with Crippen LogP contribution in [-0.2, 0) is 6.54 Å². The summed E-state index contributed by atoms with van der Waals surface area (Å²) in [4.78, 5) is 4.71. The SMILES string of the molecule is CCNCc1cc(OC2CCCC(C)C2)nc(C(C)C)c1. The van der Waals surface area contributed by atoms with Crippen molar-refractivity contribution in [3.63, 3.8) is 0 Å². The molecule has 0 radical (unpaired) electrons. The van der Waals surface area contributed by atoms with Gasteiger partial charge in [-0.15, -0.1) is 0 Å². The Hall–Kier alpha value is -1.09. The molecule has 1 saturated carbocycles. The summed E-state index contributed by atoms with van der Waals surface area (Å²) in [6.07, 6.45) is 5.29. The number of ether oxygens (including phenoxy) is 1. The summed E-state index contributed by atoms with van der Waals surface area (Å²) in [5, 5.41) is 3.39. The lowest BCUT2D eigenvalue weighted by molar-refractivity contribution is 0.123. The van der Waals surface area contributed by atoms with Crippen LogP contribution in [0.4, 0.5) is 0 Å². The zero-order valence-electron chi connectivity index (χ0n) is 14.0. The Morgan fingerprint density at radius 3 is 2.81 bits per heavy atom. The first-order valence-electron chi connectivity index (χ1n) is 8.46. The molecule has 2 atom stereocenters. The van der Waals surface area contributed by atoms with E-state index < -0.39 is 0 Å². The lowest BCUT2D eigenvalue weighted by Gasteiger charge is -2.27. The van der Waals surface area contributed by atoms with Crippen LogP contribution in [0.3, 0.4) is 0 Å². The van der Waals surface area contributed by atoms with Gasteiger partial charge in [0.25, 0.3) is 0 Å². The molecule has 3 nitrogen and oxygen atoms in total. The first-order valence-corrected chi connectivity index (χ1v) is 8.46. The maximum atomic E-state index is 6.20. The molecule has 1 aromatic rings. The Balaban J connectivity index is 2.11. The van der Waals surface area contributed by atoms with Crippen LogP contribution in [-0.4, -0.2) is 17.6 Å². The number of rotatable bonds is 6. The zero-order valence-corrected chi connectivity index (χ0v) is 14.0. The molecular weight excluding hydrogens is 260 g/mol. The van der Waals surface area contributed by atoms with Crippen LogP contribution in [0.1, 0.15) is 70.6 Å². The van der Waals surface area contributed by atoms with Gasteiger partial charge in [0.2, 0.25) is 5.88 Å². The quantitative estimate of drug-likeness (QED) is 0.849. The molecule has 1 fully saturated rings. The van der Waals surface area contributed by atoms with E-state index in [-0.39, 0.29) is 0 Å². The van der Waals surface area contributed by atoms with Crippen LogP contribution >= 0.6 is 0 Å². The molecular formula is C18H30N2O. The van der Waals surface area contributed by atoms with E-state index in [1.54, 1.807) is 0 Å². The molecule has 0 aliphatic heterocycles. The van der Waals surface area contributed by atoms with Crippen molar-refractivity contribution in [3.05, 3.63) is 23.4 Å². The Morgan fingerprint density at radius 2 is 2.14 bits per heavy atom. The molecule has 1 aliphatic rings. The summed E-state index contributed by atoms with van der Waals surface area (Å²) < 4.78 is 6.20. The number of hydrogen-bond acceptors (Lipinski definition) is 3. The lowest BCUT2D eigenvalue weighted by atomic mass is 9.89. The molecule has 0 bridgehead atoms. The summed E-state index contributed by atoms with van der Waals surface area (Å²) in [7, 11) is 0. The molecule has 21 heavy (non-hydrogen) atoms. The van der Waals surface area contributed by atoms with E-state index in [1.807, 2.05) is 0 Å². The first kappa shape index (κ1) is 16.3. The molecule has 0 saturated heterocycles. The molecule has 1 heterocycles. The summed E-state index contributed by atoms with van der Waals surface area (Å²) in [6.45, 7) is 10.7. The normalized spacial score (nSPS) is 22.5. The molecule has 3 heteroatoms. The highest BCUT2D eigenvalue weighted by molar-refractivity contribution is 5.27. The zero-order chi connectivity index (χ0) is 15.2. The molecule has 2 rings (SSSR count). The Morgan fingerprint density at radius 1 is 1.33 bits per heavy atom. The summed E-state index contributed by atoms with van der Waals surface area (Å²) >= 11 is 0. The predicted molar refractivity (Wildman–Crippen MR) is 87.8 cm³/mol. The molecule has 1 aliphatic carbocycles. The highest BCUT2D eigenvalue weighted by atomic mass is 16.5. The van der Waals surface area contributed by atoms with Crippen LogP contribution in [0.25, 0.3) is 0 Å². The fraction of sp³-hybridized carbons (Fsp3) is 0.722. The average molecular weight is 290 g/mol. The van der Waals surface area contributed by atoms with E-state index >= 15 is 0 Å². The maximum absolute atomic E-state index is 6.20. The number of pyridine rings is 1. The Kier molecular flexibility index (Phi) is 6.04. The summed E-state index contributed by atoms with van der Waals surface area (Å²) in [5.41, 5.74) is 2.40. The van der Waals surface area contributed by atoms with E-state index in [4.69, 9.17) is 9.72 Å². The van der Waals surface area contributed by atoms with Gasteiger partial charge >= 0.3 is 0 Å². The highest BCUT2D eigenvalue weighted by Crippen LogP contribution is 2.28. The second kappa shape index (κ2) is 7.79. The van der Waals surface area contributed by atoms with Crippen LogP contribution in [0.2, 0.25) is 0 Å². The van der Waals surface area contributed by atoms with Gasteiger partial charge in [0.15, 0.2) is 0 Å². The van der Waals surface area contributed by atoms with Gasteiger partial charge in [0, 0.05) is 18.3 Å². The second-order valence-electron chi connectivity index (χ2n) is 6.69. The third-order valence-electron chi connectivity index (χ3n) is 4.23.